The third-order valence-corrected chi connectivity index (χ3v) is 5.29. The Kier molecular flexibility index (Phi) is 4.29. The summed E-state index contributed by atoms with van der Waals surface area (Å²) in [5.74, 6) is -0.390. The Morgan fingerprint density at radius 3 is 3.04 bits per heavy atom. The highest BCUT2D eigenvalue weighted by Crippen LogP contribution is 2.33. The van der Waals surface area contributed by atoms with E-state index in [1.165, 1.54) is 17.7 Å². The number of nitrogens with zero attached hydrogens (tertiary/aromatic N) is 2. The smallest absolute Gasteiger partial charge is 0.229 e. The molecule has 1 amide bonds. The Morgan fingerprint density at radius 1 is 1.36 bits per heavy atom. The monoisotopic (exact) mass is 343 g/mol. The van der Waals surface area contributed by atoms with E-state index < -0.39 is 6.10 Å². The Hall–Kier alpha value is -2.21. The number of aromatic nitrogens is 2. The molecule has 0 spiro atoms. The van der Waals surface area contributed by atoms with Crippen LogP contribution in [0.4, 0.5) is 4.39 Å². The highest BCUT2D eigenvalue weighted by molar-refractivity contribution is 5.79. The molecule has 2 aliphatic rings. The number of amides is 1. The number of aromatic amines is 1. The van der Waals surface area contributed by atoms with Gasteiger partial charge < -0.3 is 10.0 Å². The van der Waals surface area contributed by atoms with Crippen molar-refractivity contribution in [2.45, 2.75) is 50.7 Å². The van der Waals surface area contributed by atoms with Gasteiger partial charge in [-0.2, -0.15) is 5.10 Å². The van der Waals surface area contributed by atoms with Crippen LogP contribution in [-0.2, 0) is 24.1 Å². The minimum absolute atomic E-state index is 0.0642. The lowest BCUT2D eigenvalue weighted by molar-refractivity contribution is -0.131. The number of aryl methyl sites for hydroxylation is 1. The van der Waals surface area contributed by atoms with E-state index in [0.717, 1.165) is 42.6 Å². The third-order valence-electron chi connectivity index (χ3n) is 5.29. The summed E-state index contributed by atoms with van der Waals surface area (Å²) >= 11 is 0. The van der Waals surface area contributed by atoms with Gasteiger partial charge >= 0.3 is 0 Å². The first-order valence-electron chi connectivity index (χ1n) is 8.90. The Bertz CT molecular complexity index is 789. The fraction of sp³-hybridized carbons (Fsp3) is 0.474. The van der Waals surface area contributed by atoms with Gasteiger partial charge in [0.2, 0.25) is 5.91 Å². The van der Waals surface area contributed by atoms with Crippen LogP contribution in [0, 0.1) is 5.82 Å². The number of aliphatic hydroxyl groups is 1. The normalized spacial score (nSPS) is 22.9. The van der Waals surface area contributed by atoms with E-state index >= 15 is 0 Å². The number of β-amino-alcohol motifs (C(OH)–C–C–N with tert-alkyl or cyclic N) is 1. The molecular formula is C19H22FN3O2. The van der Waals surface area contributed by atoms with Gasteiger partial charge in [-0.3, -0.25) is 9.89 Å². The second-order valence-corrected chi connectivity index (χ2v) is 7.02. The lowest BCUT2D eigenvalue weighted by Crippen LogP contribution is -2.33. The highest BCUT2D eigenvalue weighted by atomic mass is 19.1. The minimum Gasteiger partial charge on any atom is -0.391 e. The van der Waals surface area contributed by atoms with Crippen molar-refractivity contribution in [1.82, 2.24) is 15.1 Å². The minimum atomic E-state index is -0.578. The zero-order valence-corrected chi connectivity index (χ0v) is 14.0. The maximum Gasteiger partial charge on any atom is 0.229 e. The topological polar surface area (TPSA) is 69.2 Å². The van der Waals surface area contributed by atoms with Gasteiger partial charge in [0.1, 0.15) is 5.82 Å². The van der Waals surface area contributed by atoms with Gasteiger partial charge in [-0.05, 0) is 55.4 Å². The molecule has 25 heavy (non-hydrogen) atoms. The largest absolute Gasteiger partial charge is 0.391 e. The summed E-state index contributed by atoms with van der Waals surface area (Å²) in [6, 6.07) is 5.99. The van der Waals surface area contributed by atoms with E-state index in [-0.39, 0.29) is 30.7 Å². The predicted octanol–water partition coefficient (Wildman–Crippen LogP) is 2.30. The van der Waals surface area contributed by atoms with E-state index in [4.69, 9.17) is 0 Å². The summed E-state index contributed by atoms with van der Waals surface area (Å²) < 4.78 is 13.6. The number of nitrogens with one attached hydrogen (secondary N) is 1. The Labute approximate surface area is 145 Å². The molecule has 1 aliphatic carbocycles. The molecule has 0 radical (unpaired) electrons. The van der Waals surface area contributed by atoms with Gasteiger partial charge in [0.05, 0.1) is 24.3 Å². The van der Waals surface area contributed by atoms with Crippen molar-refractivity contribution >= 4 is 5.91 Å². The van der Waals surface area contributed by atoms with Crippen molar-refractivity contribution in [3.63, 3.8) is 0 Å². The van der Waals surface area contributed by atoms with Crippen molar-refractivity contribution in [1.29, 1.82) is 0 Å². The molecule has 0 bridgehead atoms. The molecule has 132 valence electrons. The van der Waals surface area contributed by atoms with Crippen LogP contribution in [0.2, 0.25) is 0 Å². The van der Waals surface area contributed by atoms with Gasteiger partial charge in [0, 0.05) is 12.2 Å². The first kappa shape index (κ1) is 16.3. The van der Waals surface area contributed by atoms with Crippen LogP contribution in [0.5, 0.6) is 0 Å². The fourth-order valence-corrected chi connectivity index (χ4v) is 4.06. The van der Waals surface area contributed by atoms with Crippen LogP contribution in [0.15, 0.2) is 24.3 Å². The zero-order chi connectivity index (χ0) is 17.4. The molecule has 2 aromatic rings. The zero-order valence-electron chi connectivity index (χ0n) is 14.0. The molecule has 2 N–H and O–H groups in total. The number of carbonyl (C=O) groups is 1. The quantitative estimate of drug-likeness (QED) is 0.898. The fourth-order valence-electron chi connectivity index (χ4n) is 4.06. The van der Waals surface area contributed by atoms with Crippen molar-refractivity contribution < 1.29 is 14.3 Å². The summed E-state index contributed by atoms with van der Waals surface area (Å²) in [6.45, 7) is 0.284. The number of likely N-dealkylation sites (tertiary alicyclic amines) is 1. The van der Waals surface area contributed by atoms with Gasteiger partial charge in [-0.1, -0.05) is 12.1 Å². The average Bonchev–Trinajstić information content (AvgIpc) is 3.19. The van der Waals surface area contributed by atoms with Gasteiger partial charge in [-0.25, -0.2) is 4.39 Å². The van der Waals surface area contributed by atoms with E-state index in [0.29, 0.717) is 6.42 Å². The van der Waals surface area contributed by atoms with Crippen molar-refractivity contribution in [2.75, 3.05) is 6.54 Å². The number of benzene rings is 1. The SMILES string of the molecule is O=C(Cc1n[nH]c2c1CCCC2)N1C[C@H](O)C[C@@H]1c1cccc(F)c1. The third kappa shape index (κ3) is 3.18. The number of fused-ring (bicyclic) bond motifs is 1. The van der Waals surface area contributed by atoms with Crippen LogP contribution in [0.25, 0.3) is 0 Å². The molecule has 5 nitrogen and oxygen atoms in total. The van der Waals surface area contributed by atoms with Crippen molar-refractivity contribution in [2.24, 2.45) is 0 Å². The molecule has 1 saturated heterocycles. The predicted molar refractivity (Wildman–Crippen MR) is 90.4 cm³/mol. The average molecular weight is 343 g/mol. The molecule has 1 aromatic carbocycles. The number of hydrogen-bond acceptors (Lipinski definition) is 3. The van der Waals surface area contributed by atoms with Crippen LogP contribution < -0.4 is 0 Å². The van der Waals surface area contributed by atoms with E-state index in [2.05, 4.69) is 10.2 Å². The van der Waals surface area contributed by atoms with Crippen LogP contribution >= 0.6 is 0 Å². The summed E-state index contributed by atoms with van der Waals surface area (Å²) in [5, 5.41) is 17.5. The molecule has 0 saturated carbocycles. The second kappa shape index (κ2) is 6.59. The molecule has 2 heterocycles. The van der Waals surface area contributed by atoms with E-state index in [1.54, 1.807) is 11.0 Å². The number of carbonyl (C=O) groups excluding carboxylic acids is 1. The number of rotatable bonds is 3. The van der Waals surface area contributed by atoms with Gasteiger partial charge in [-0.15, -0.1) is 0 Å². The molecule has 4 rings (SSSR count). The number of aliphatic hydroxyl groups excluding tert-OH is 1. The summed E-state index contributed by atoms with van der Waals surface area (Å²) in [7, 11) is 0. The second-order valence-electron chi connectivity index (χ2n) is 7.02. The first-order valence-corrected chi connectivity index (χ1v) is 8.90. The molecule has 0 unspecified atom stereocenters. The highest BCUT2D eigenvalue weighted by Gasteiger charge is 2.36. The molecular weight excluding hydrogens is 321 g/mol. The lowest BCUT2D eigenvalue weighted by Gasteiger charge is -2.25. The van der Waals surface area contributed by atoms with Gasteiger partial charge in [0.15, 0.2) is 0 Å². The van der Waals surface area contributed by atoms with Gasteiger partial charge in [0.25, 0.3) is 0 Å². The Balaban J connectivity index is 1.55. The number of halogens is 1. The summed E-state index contributed by atoms with van der Waals surface area (Å²) in [6.07, 6.45) is 4.32. The van der Waals surface area contributed by atoms with Crippen LogP contribution in [0.3, 0.4) is 0 Å². The van der Waals surface area contributed by atoms with Crippen molar-refractivity contribution in [3.8, 4) is 0 Å². The summed E-state index contributed by atoms with van der Waals surface area (Å²) in [4.78, 5) is 14.5. The lowest BCUT2D eigenvalue weighted by atomic mass is 9.95. The number of H-pyrrole nitrogens is 1. The number of hydrogen-bond donors (Lipinski definition) is 2. The van der Waals surface area contributed by atoms with Crippen LogP contribution in [-0.4, -0.2) is 38.8 Å². The van der Waals surface area contributed by atoms with E-state index in [9.17, 15) is 14.3 Å². The standard InChI is InChI=1S/C19H22FN3O2/c20-13-5-3-4-12(8-13)18-9-14(24)11-23(18)19(25)10-17-15-6-1-2-7-16(15)21-22-17/h3-5,8,14,18,24H,1-2,6-7,9-11H2,(H,21,22)/t14-,18-/m1/s1. The Morgan fingerprint density at radius 2 is 2.20 bits per heavy atom. The van der Waals surface area contributed by atoms with Crippen molar-refractivity contribution in [3.05, 3.63) is 52.6 Å². The molecule has 1 aromatic heterocycles. The molecule has 6 heteroatoms. The van der Waals surface area contributed by atoms with E-state index in [1.807, 2.05) is 6.07 Å². The molecule has 1 fully saturated rings. The van der Waals surface area contributed by atoms with Crippen LogP contribution in [0.1, 0.15) is 47.8 Å². The first-order chi connectivity index (χ1) is 12.1. The summed E-state index contributed by atoms with van der Waals surface area (Å²) in [5.41, 5.74) is 3.88. The maximum atomic E-state index is 13.6. The molecule has 1 aliphatic heterocycles. The maximum absolute atomic E-state index is 13.6. The molecule has 2 atom stereocenters.